The second kappa shape index (κ2) is 7.63. The minimum atomic E-state index is -0.605. The molecule has 0 bridgehead atoms. The number of furan rings is 1. The molecular formula is C20H19N3O2S. The van der Waals surface area contributed by atoms with Gasteiger partial charge in [-0.1, -0.05) is 18.2 Å². The summed E-state index contributed by atoms with van der Waals surface area (Å²) in [5.41, 5.74) is 1.84. The van der Waals surface area contributed by atoms with Gasteiger partial charge >= 0.3 is 0 Å². The van der Waals surface area contributed by atoms with Crippen molar-refractivity contribution in [3.63, 3.8) is 0 Å². The molecule has 2 atom stereocenters. The molecule has 132 valence electrons. The van der Waals surface area contributed by atoms with Crippen LogP contribution in [0.5, 0.6) is 0 Å². The third kappa shape index (κ3) is 3.44. The van der Waals surface area contributed by atoms with E-state index in [1.807, 2.05) is 62.6 Å². The van der Waals surface area contributed by atoms with E-state index < -0.39 is 11.8 Å². The lowest BCUT2D eigenvalue weighted by Gasteiger charge is -2.29. The molecule has 2 heterocycles. The summed E-state index contributed by atoms with van der Waals surface area (Å²) in [6, 6.07) is 15.2. The molecular weight excluding hydrogens is 346 g/mol. The molecule has 1 aliphatic heterocycles. The van der Waals surface area contributed by atoms with E-state index in [-0.39, 0.29) is 5.91 Å². The average molecular weight is 365 g/mol. The molecule has 0 radical (unpaired) electrons. The lowest BCUT2D eigenvalue weighted by molar-refractivity contribution is -0.118. The molecule has 0 saturated heterocycles. The second-order valence-corrected chi connectivity index (χ2v) is 6.84. The van der Waals surface area contributed by atoms with Gasteiger partial charge in [-0.15, -0.1) is 11.8 Å². The molecule has 5 nitrogen and oxygen atoms in total. The maximum Gasteiger partial charge on any atom is 0.234 e. The van der Waals surface area contributed by atoms with Crippen LogP contribution in [-0.4, -0.2) is 17.9 Å². The van der Waals surface area contributed by atoms with Crippen LogP contribution in [-0.2, 0) is 4.79 Å². The Morgan fingerprint density at radius 2 is 1.96 bits per heavy atom. The number of aliphatic imine (C=N–C) groups is 1. The van der Waals surface area contributed by atoms with Gasteiger partial charge in [-0.05, 0) is 44.4 Å². The Hall–Kier alpha value is -2.78. The Labute approximate surface area is 156 Å². The van der Waals surface area contributed by atoms with Crippen molar-refractivity contribution in [2.45, 2.75) is 19.8 Å². The maximum absolute atomic E-state index is 13.1. The summed E-state index contributed by atoms with van der Waals surface area (Å²) in [4.78, 5) is 17.6. The van der Waals surface area contributed by atoms with E-state index in [2.05, 4.69) is 16.4 Å². The number of rotatable bonds is 4. The highest BCUT2D eigenvalue weighted by molar-refractivity contribution is 8.02. The van der Waals surface area contributed by atoms with Crippen LogP contribution in [0.15, 0.2) is 62.5 Å². The fourth-order valence-electron chi connectivity index (χ4n) is 3.11. The number of hydrogen-bond donors (Lipinski definition) is 1. The molecule has 0 unspecified atom stereocenters. The summed E-state index contributed by atoms with van der Waals surface area (Å²) in [5.74, 6) is 0.0477. The number of allylic oxidation sites excluding steroid dienone is 1. The number of nitrogens with zero attached hydrogens (tertiary/aromatic N) is 2. The Kier molecular flexibility index (Phi) is 5.29. The standard InChI is InChI=1S/C20H19N3O2S/c1-12-9-10-16(25-12)18-15(11-21)20(26-3)22-13(2)17(18)19(24)23-14-7-5-4-6-8-14/h4-10,17-18H,1-3H3,(H,23,24)/t17-,18-/m1/s1. The number of para-hydroxylation sites is 1. The summed E-state index contributed by atoms with van der Waals surface area (Å²) in [5, 5.41) is 13.3. The van der Waals surface area contributed by atoms with E-state index in [4.69, 9.17) is 4.42 Å². The van der Waals surface area contributed by atoms with E-state index in [0.717, 1.165) is 5.76 Å². The van der Waals surface area contributed by atoms with Crippen LogP contribution in [0.4, 0.5) is 5.69 Å². The molecule has 0 aliphatic carbocycles. The van der Waals surface area contributed by atoms with E-state index in [9.17, 15) is 10.1 Å². The lowest BCUT2D eigenvalue weighted by atomic mass is 9.79. The number of amides is 1. The zero-order valence-electron chi connectivity index (χ0n) is 14.8. The molecule has 1 amide bonds. The summed E-state index contributed by atoms with van der Waals surface area (Å²) in [6.07, 6.45) is 1.87. The molecule has 1 aromatic heterocycles. The third-order valence-electron chi connectivity index (χ3n) is 4.31. The van der Waals surface area contributed by atoms with Crippen molar-refractivity contribution in [1.82, 2.24) is 0 Å². The van der Waals surface area contributed by atoms with Crippen LogP contribution < -0.4 is 5.32 Å². The SMILES string of the molecule is CSC1=C(C#N)[C@H](c2ccc(C)o2)[C@H](C(=O)Nc2ccccc2)C(C)=N1. The number of thioether (sulfide) groups is 1. The summed E-state index contributed by atoms with van der Waals surface area (Å²) >= 11 is 1.40. The van der Waals surface area contributed by atoms with Gasteiger partial charge in [-0.2, -0.15) is 5.26 Å². The quantitative estimate of drug-likeness (QED) is 0.865. The zero-order chi connectivity index (χ0) is 18.7. The first-order chi connectivity index (χ1) is 12.5. The van der Waals surface area contributed by atoms with Crippen LogP contribution in [0.1, 0.15) is 24.4 Å². The number of benzene rings is 1. The van der Waals surface area contributed by atoms with Gasteiger partial charge in [0.1, 0.15) is 16.5 Å². The molecule has 0 saturated carbocycles. The van der Waals surface area contributed by atoms with Crippen molar-refractivity contribution >= 4 is 29.1 Å². The van der Waals surface area contributed by atoms with Gasteiger partial charge < -0.3 is 9.73 Å². The summed E-state index contributed by atoms with van der Waals surface area (Å²) < 4.78 is 5.80. The maximum atomic E-state index is 13.1. The van der Waals surface area contributed by atoms with Crippen LogP contribution >= 0.6 is 11.8 Å². The molecule has 1 aliphatic rings. The molecule has 2 aromatic rings. The normalized spacial score (nSPS) is 19.7. The fourth-order valence-corrected chi connectivity index (χ4v) is 3.74. The monoisotopic (exact) mass is 365 g/mol. The van der Waals surface area contributed by atoms with Gasteiger partial charge in [0.25, 0.3) is 0 Å². The number of hydrogen-bond acceptors (Lipinski definition) is 5. The van der Waals surface area contributed by atoms with Crippen LogP contribution in [0.3, 0.4) is 0 Å². The topological polar surface area (TPSA) is 78.4 Å². The highest BCUT2D eigenvalue weighted by Crippen LogP contribution is 2.42. The number of carbonyl (C=O) groups excluding carboxylic acids is 1. The van der Waals surface area contributed by atoms with Crippen molar-refractivity contribution in [2.75, 3.05) is 11.6 Å². The zero-order valence-corrected chi connectivity index (χ0v) is 15.6. The number of anilines is 1. The molecule has 1 N–H and O–H groups in total. The van der Waals surface area contributed by atoms with Gasteiger partial charge in [0.05, 0.1) is 23.5 Å². The van der Waals surface area contributed by atoms with Crippen molar-refractivity contribution in [3.8, 4) is 6.07 Å². The largest absolute Gasteiger partial charge is 0.466 e. The number of nitriles is 1. The predicted octanol–water partition coefficient (Wildman–Crippen LogP) is 4.50. The minimum Gasteiger partial charge on any atom is -0.466 e. The minimum absolute atomic E-state index is 0.204. The predicted molar refractivity (Wildman–Crippen MR) is 104 cm³/mol. The molecule has 0 fully saturated rings. The molecule has 26 heavy (non-hydrogen) atoms. The van der Waals surface area contributed by atoms with E-state index in [1.54, 1.807) is 0 Å². The van der Waals surface area contributed by atoms with Crippen molar-refractivity contribution in [1.29, 1.82) is 5.26 Å². The first kappa shape index (κ1) is 18.0. The second-order valence-electron chi connectivity index (χ2n) is 6.05. The number of aryl methyl sites for hydroxylation is 1. The van der Waals surface area contributed by atoms with Gasteiger partial charge in [-0.25, -0.2) is 4.99 Å². The number of carbonyl (C=O) groups is 1. The Balaban J connectivity index is 2.04. The van der Waals surface area contributed by atoms with Gasteiger partial charge in [0, 0.05) is 11.4 Å². The van der Waals surface area contributed by atoms with Gasteiger partial charge in [0.15, 0.2) is 0 Å². The first-order valence-electron chi connectivity index (χ1n) is 8.20. The Bertz CT molecular complexity index is 922. The van der Waals surface area contributed by atoms with Crippen molar-refractivity contribution < 1.29 is 9.21 Å². The Morgan fingerprint density at radius 1 is 1.23 bits per heavy atom. The third-order valence-corrected chi connectivity index (χ3v) is 5.01. The summed E-state index contributed by atoms with van der Waals surface area (Å²) in [6.45, 7) is 3.67. The van der Waals surface area contributed by atoms with E-state index in [0.29, 0.717) is 27.8 Å². The first-order valence-corrected chi connectivity index (χ1v) is 9.43. The lowest BCUT2D eigenvalue weighted by Crippen LogP contribution is -2.36. The van der Waals surface area contributed by atoms with Crippen LogP contribution in [0, 0.1) is 24.2 Å². The number of nitrogens with one attached hydrogen (secondary N) is 1. The Morgan fingerprint density at radius 3 is 2.54 bits per heavy atom. The highest BCUT2D eigenvalue weighted by atomic mass is 32.2. The van der Waals surface area contributed by atoms with Gasteiger partial charge in [0.2, 0.25) is 5.91 Å². The highest BCUT2D eigenvalue weighted by Gasteiger charge is 2.41. The van der Waals surface area contributed by atoms with Gasteiger partial charge in [-0.3, -0.25) is 4.79 Å². The van der Waals surface area contributed by atoms with Crippen molar-refractivity contribution in [3.05, 3.63) is 64.6 Å². The van der Waals surface area contributed by atoms with Crippen LogP contribution in [0.25, 0.3) is 0 Å². The van der Waals surface area contributed by atoms with Crippen molar-refractivity contribution in [2.24, 2.45) is 10.9 Å². The average Bonchev–Trinajstić information content (AvgIpc) is 3.07. The smallest absolute Gasteiger partial charge is 0.234 e. The molecule has 0 spiro atoms. The fraction of sp³-hybridized carbons (Fsp3) is 0.250. The van der Waals surface area contributed by atoms with E-state index in [1.165, 1.54) is 11.8 Å². The van der Waals surface area contributed by atoms with E-state index >= 15 is 0 Å². The summed E-state index contributed by atoms with van der Waals surface area (Å²) in [7, 11) is 0. The van der Waals surface area contributed by atoms with Crippen LogP contribution in [0.2, 0.25) is 0 Å². The molecule has 3 rings (SSSR count). The molecule has 6 heteroatoms. The molecule has 1 aromatic carbocycles.